The van der Waals surface area contributed by atoms with Crippen LogP contribution in [-0.2, 0) is 10.8 Å². The van der Waals surface area contributed by atoms with Crippen molar-refractivity contribution in [1.29, 1.82) is 0 Å². The molecule has 0 spiro atoms. The second kappa shape index (κ2) is 7.64. The molecule has 1 rings (SSSR count). The van der Waals surface area contributed by atoms with E-state index >= 15 is 0 Å². The van der Waals surface area contributed by atoms with E-state index in [4.69, 9.17) is 0 Å². The molecule has 0 radical (unpaired) electrons. The van der Waals surface area contributed by atoms with Crippen LogP contribution >= 0.6 is 0 Å². The molecule has 0 amide bonds. The first kappa shape index (κ1) is 15.3. The summed E-state index contributed by atoms with van der Waals surface area (Å²) in [5, 5.41) is 3.40. The van der Waals surface area contributed by atoms with Gasteiger partial charge in [0.05, 0.1) is 0 Å². The van der Waals surface area contributed by atoms with Crippen molar-refractivity contribution in [1.82, 2.24) is 5.32 Å². The van der Waals surface area contributed by atoms with Gasteiger partial charge in [-0.2, -0.15) is 0 Å². The van der Waals surface area contributed by atoms with E-state index in [1.54, 1.807) is 12.3 Å². The average Bonchev–Trinajstić information content (AvgIpc) is 2.34. The summed E-state index contributed by atoms with van der Waals surface area (Å²) in [5.41, 5.74) is 0.712. The minimum atomic E-state index is -0.766. The Morgan fingerprint density at radius 1 is 1.39 bits per heavy atom. The molecule has 0 aliphatic heterocycles. The molecule has 1 aromatic rings. The van der Waals surface area contributed by atoms with Gasteiger partial charge in [0.2, 0.25) is 0 Å². The van der Waals surface area contributed by atoms with Gasteiger partial charge in [-0.15, -0.1) is 0 Å². The van der Waals surface area contributed by atoms with E-state index in [0.717, 1.165) is 12.8 Å². The van der Waals surface area contributed by atoms with Gasteiger partial charge in [-0.25, -0.2) is 4.39 Å². The lowest BCUT2D eigenvalue weighted by Crippen LogP contribution is -2.31. The SMILES string of the molecule is CCC(NC(C)CCS(C)=O)c1ccccc1F. The van der Waals surface area contributed by atoms with Crippen molar-refractivity contribution in [2.45, 2.75) is 38.8 Å². The van der Waals surface area contributed by atoms with E-state index < -0.39 is 10.8 Å². The molecule has 0 aliphatic rings. The molecule has 3 atom stereocenters. The van der Waals surface area contributed by atoms with Crippen LogP contribution in [0.2, 0.25) is 0 Å². The third-order valence-electron chi connectivity index (χ3n) is 3.01. The number of benzene rings is 1. The second-order valence-electron chi connectivity index (χ2n) is 4.62. The molecular weight excluding hydrogens is 249 g/mol. The molecule has 0 bridgehead atoms. The highest BCUT2D eigenvalue weighted by Gasteiger charge is 2.15. The molecule has 2 nitrogen and oxygen atoms in total. The summed E-state index contributed by atoms with van der Waals surface area (Å²) >= 11 is 0. The largest absolute Gasteiger partial charge is 0.307 e. The Balaban J connectivity index is 2.62. The van der Waals surface area contributed by atoms with Crippen LogP contribution in [0.5, 0.6) is 0 Å². The first-order valence-electron chi connectivity index (χ1n) is 6.35. The van der Waals surface area contributed by atoms with E-state index in [1.807, 2.05) is 19.1 Å². The molecule has 0 heterocycles. The van der Waals surface area contributed by atoms with Gasteiger partial charge in [0, 0.05) is 40.5 Å². The molecule has 4 heteroatoms. The Kier molecular flexibility index (Phi) is 6.50. The van der Waals surface area contributed by atoms with Crippen LogP contribution in [-0.4, -0.2) is 22.3 Å². The van der Waals surface area contributed by atoms with Crippen LogP contribution in [0.1, 0.15) is 38.3 Å². The number of halogens is 1. The Morgan fingerprint density at radius 2 is 2.06 bits per heavy atom. The van der Waals surface area contributed by atoms with Crippen LogP contribution in [0, 0.1) is 5.82 Å². The van der Waals surface area contributed by atoms with Crippen LogP contribution in [0.3, 0.4) is 0 Å². The van der Waals surface area contributed by atoms with Gasteiger partial charge in [-0.1, -0.05) is 25.1 Å². The monoisotopic (exact) mass is 271 g/mol. The Bertz CT molecular complexity index is 397. The fourth-order valence-electron chi connectivity index (χ4n) is 1.95. The Morgan fingerprint density at radius 3 is 2.61 bits per heavy atom. The molecular formula is C14H22FNOS. The van der Waals surface area contributed by atoms with Crippen molar-refractivity contribution >= 4 is 10.8 Å². The Hall–Kier alpha value is -0.740. The van der Waals surface area contributed by atoms with Gasteiger partial charge in [0.1, 0.15) is 5.82 Å². The zero-order valence-corrected chi connectivity index (χ0v) is 12.1. The summed E-state index contributed by atoms with van der Waals surface area (Å²) in [7, 11) is -0.766. The third-order valence-corrected chi connectivity index (χ3v) is 3.82. The highest BCUT2D eigenvalue weighted by molar-refractivity contribution is 7.84. The van der Waals surface area contributed by atoms with Crippen LogP contribution < -0.4 is 5.32 Å². The summed E-state index contributed by atoms with van der Waals surface area (Å²) < 4.78 is 24.8. The van der Waals surface area contributed by atoms with Gasteiger partial charge < -0.3 is 5.32 Å². The molecule has 1 aromatic carbocycles. The number of nitrogens with one attached hydrogen (secondary N) is 1. The zero-order valence-electron chi connectivity index (χ0n) is 11.3. The summed E-state index contributed by atoms with van der Waals surface area (Å²) in [4.78, 5) is 0. The van der Waals surface area contributed by atoms with Crippen molar-refractivity contribution in [3.8, 4) is 0 Å². The molecule has 0 saturated carbocycles. The first-order valence-corrected chi connectivity index (χ1v) is 8.07. The van der Waals surface area contributed by atoms with E-state index in [9.17, 15) is 8.60 Å². The van der Waals surface area contributed by atoms with Gasteiger partial charge in [0.15, 0.2) is 0 Å². The van der Waals surface area contributed by atoms with Gasteiger partial charge >= 0.3 is 0 Å². The van der Waals surface area contributed by atoms with E-state index in [1.165, 1.54) is 6.07 Å². The normalized spacial score (nSPS) is 16.2. The van der Waals surface area contributed by atoms with Crippen molar-refractivity contribution in [3.05, 3.63) is 35.6 Å². The summed E-state index contributed by atoms with van der Waals surface area (Å²) in [6.07, 6.45) is 3.38. The maximum Gasteiger partial charge on any atom is 0.127 e. The summed E-state index contributed by atoms with van der Waals surface area (Å²) in [6.45, 7) is 4.09. The number of hydrogen-bond donors (Lipinski definition) is 1. The number of rotatable bonds is 7. The van der Waals surface area contributed by atoms with Gasteiger partial charge in [-0.05, 0) is 25.8 Å². The maximum atomic E-state index is 13.7. The summed E-state index contributed by atoms with van der Waals surface area (Å²) in [6, 6.07) is 7.13. The van der Waals surface area contributed by atoms with Crippen molar-refractivity contribution in [3.63, 3.8) is 0 Å². The fourth-order valence-corrected chi connectivity index (χ4v) is 2.64. The van der Waals surface area contributed by atoms with E-state index in [2.05, 4.69) is 12.2 Å². The van der Waals surface area contributed by atoms with E-state index in [-0.39, 0.29) is 17.9 Å². The molecule has 0 aromatic heterocycles. The minimum Gasteiger partial charge on any atom is -0.307 e. The smallest absolute Gasteiger partial charge is 0.127 e. The predicted octanol–water partition coefficient (Wildman–Crippen LogP) is 3.02. The predicted molar refractivity (Wildman–Crippen MR) is 75.6 cm³/mol. The van der Waals surface area contributed by atoms with Gasteiger partial charge in [0.25, 0.3) is 0 Å². The fraction of sp³-hybridized carbons (Fsp3) is 0.571. The highest BCUT2D eigenvalue weighted by atomic mass is 32.2. The first-order chi connectivity index (χ1) is 8.54. The van der Waals surface area contributed by atoms with Crippen molar-refractivity contribution < 1.29 is 8.60 Å². The lowest BCUT2D eigenvalue weighted by Gasteiger charge is -2.23. The molecule has 1 N–H and O–H groups in total. The molecule has 102 valence electrons. The minimum absolute atomic E-state index is 0.0199. The number of hydrogen-bond acceptors (Lipinski definition) is 2. The van der Waals surface area contributed by atoms with Crippen molar-refractivity contribution in [2.24, 2.45) is 0 Å². The van der Waals surface area contributed by atoms with Crippen molar-refractivity contribution in [2.75, 3.05) is 12.0 Å². The van der Waals surface area contributed by atoms with Crippen LogP contribution in [0.25, 0.3) is 0 Å². The zero-order chi connectivity index (χ0) is 13.5. The topological polar surface area (TPSA) is 29.1 Å². The molecule has 3 unspecified atom stereocenters. The van der Waals surface area contributed by atoms with Crippen LogP contribution in [0.15, 0.2) is 24.3 Å². The summed E-state index contributed by atoms with van der Waals surface area (Å²) in [5.74, 6) is 0.519. The van der Waals surface area contributed by atoms with Gasteiger partial charge in [-0.3, -0.25) is 4.21 Å². The standard InChI is InChI=1S/C14H22FNOS/c1-4-14(12-7-5-6-8-13(12)15)16-11(2)9-10-18(3)17/h5-8,11,14,16H,4,9-10H2,1-3H3. The van der Waals surface area contributed by atoms with Crippen LogP contribution in [0.4, 0.5) is 4.39 Å². The highest BCUT2D eigenvalue weighted by Crippen LogP contribution is 2.20. The average molecular weight is 271 g/mol. The molecule has 18 heavy (non-hydrogen) atoms. The Labute approximate surface area is 111 Å². The second-order valence-corrected chi connectivity index (χ2v) is 6.17. The quantitative estimate of drug-likeness (QED) is 0.826. The van der Waals surface area contributed by atoms with E-state index in [0.29, 0.717) is 11.3 Å². The lowest BCUT2D eigenvalue weighted by molar-refractivity contribution is 0.424. The molecule has 0 aliphatic carbocycles. The molecule has 0 saturated heterocycles. The lowest BCUT2D eigenvalue weighted by atomic mass is 10.0. The maximum absolute atomic E-state index is 13.7. The third kappa shape index (κ3) is 4.86. The molecule has 0 fully saturated rings.